The summed E-state index contributed by atoms with van der Waals surface area (Å²) < 4.78 is 40.3. The monoisotopic (exact) mass is 424 g/mol. The Morgan fingerprint density at radius 3 is 2.67 bits per heavy atom. The lowest BCUT2D eigenvalue weighted by atomic mass is 10.1. The minimum atomic E-state index is -2.94. The van der Waals surface area contributed by atoms with Crippen molar-refractivity contribution in [3.63, 3.8) is 0 Å². The summed E-state index contributed by atoms with van der Waals surface area (Å²) >= 11 is 0. The first-order valence-corrected chi connectivity index (χ1v) is 9.78. The molecule has 1 saturated heterocycles. The highest BCUT2D eigenvalue weighted by atomic mass is 19.3. The second-order valence-electron chi connectivity index (χ2n) is 8.08. The molecule has 0 spiro atoms. The molecule has 1 fully saturated rings. The van der Waals surface area contributed by atoms with Crippen LogP contribution in [0.25, 0.3) is 11.4 Å². The van der Waals surface area contributed by atoms with Crippen molar-refractivity contribution in [1.29, 1.82) is 0 Å². The van der Waals surface area contributed by atoms with Gasteiger partial charge in [0.05, 0.1) is 12.1 Å². The van der Waals surface area contributed by atoms with E-state index in [0.717, 1.165) is 25.9 Å². The molecule has 1 aliphatic rings. The van der Waals surface area contributed by atoms with Gasteiger partial charge in [-0.05, 0) is 45.7 Å². The maximum absolute atomic E-state index is 12.6. The number of carbonyl (C=O) groups is 1. The van der Waals surface area contributed by atoms with E-state index in [4.69, 9.17) is 9.26 Å². The van der Waals surface area contributed by atoms with Gasteiger partial charge in [0, 0.05) is 19.1 Å². The number of alkyl halides is 2. The van der Waals surface area contributed by atoms with Crippen LogP contribution in [0.2, 0.25) is 0 Å². The summed E-state index contributed by atoms with van der Waals surface area (Å²) in [5.74, 6) is 0.576. The van der Waals surface area contributed by atoms with Crippen molar-refractivity contribution in [2.45, 2.75) is 58.4 Å². The summed E-state index contributed by atoms with van der Waals surface area (Å²) in [6, 6.07) is 6.36. The first-order chi connectivity index (χ1) is 14.2. The molecule has 0 aliphatic carbocycles. The standard InChI is InChI=1S/C20H26F2N4O4/c1-20(2,3)29-19(27)23-13-8-10-26(11-9-13)12-16-24-17(25-30-16)14-6-4-5-7-15(14)28-18(21)22/h4-7,13,18H,8-12H2,1-3H3,(H,23,27). The van der Waals surface area contributed by atoms with Gasteiger partial charge >= 0.3 is 12.7 Å². The zero-order valence-electron chi connectivity index (χ0n) is 17.2. The number of alkyl carbamates (subject to hydrolysis) is 1. The molecule has 0 atom stereocenters. The normalized spacial score (nSPS) is 15.9. The third-order valence-corrected chi connectivity index (χ3v) is 4.48. The summed E-state index contributed by atoms with van der Waals surface area (Å²) in [6.07, 6.45) is 1.13. The molecule has 1 N–H and O–H groups in total. The fourth-order valence-electron chi connectivity index (χ4n) is 3.18. The number of piperidine rings is 1. The Kier molecular flexibility index (Phi) is 6.86. The number of para-hydroxylation sites is 1. The highest BCUT2D eigenvalue weighted by Crippen LogP contribution is 2.29. The minimum Gasteiger partial charge on any atom is -0.444 e. The van der Waals surface area contributed by atoms with Crippen LogP contribution in [0.4, 0.5) is 13.6 Å². The van der Waals surface area contributed by atoms with Crippen molar-refractivity contribution < 1.29 is 27.6 Å². The van der Waals surface area contributed by atoms with Crippen LogP contribution in [0.3, 0.4) is 0 Å². The lowest BCUT2D eigenvalue weighted by Gasteiger charge is -2.31. The summed E-state index contributed by atoms with van der Waals surface area (Å²) in [7, 11) is 0. The van der Waals surface area contributed by atoms with Gasteiger partial charge in [0.25, 0.3) is 0 Å². The van der Waals surface area contributed by atoms with Crippen LogP contribution in [-0.4, -0.2) is 52.5 Å². The van der Waals surface area contributed by atoms with E-state index in [0.29, 0.717) is 18.0 Å². The number of ether oxygens (including phenoxy) is 2. The summed E-state index contributed by atoms with van der Waals surface area (Å²) in [5, 5.41) is 6.79. The van der Waals surface area contributed by atoms with Crippen LogP contribution in [0.15, 0.2) is 28.8 Å². The molecule has 10 heteroatoms. The summed E-state index contributed by atoms with van der Waals surface area (Å²) in [5.41, 5.74) is -0.188. The van der Waals surface area contributed by atoms with Crippen molar-refractivity contribution in [3.8, 4) is 17.1 Å². The Morgan fingerprint density at radius 2 is 2.00 bits per heavy atom. The molecule has 2 heterocycles. The lowest BCUT2D eigenvalue weighted by molar-refractivity contribution is -0.0494. The van der Waals surface area contributed by atoms with Gasteiger partial charge in [0.15, 0.2) is 0 Å². The Bertz CT molecular complexity index is 845. The number of hydrogen-bond donors (Lipinski definition) is 1. The van der Waals surface area contributed by atoms with Gasteiger partial charge in [-0.15, -0.1) is 0 Å². The van der Waals surface area contributed by atoms with Crippen molar-refractivity contribution in [1.82, 2.24) is 20.4 Å². The van der Waals surface area contributed by atoms with Crippen LogP contribution in [-0.2, 0) is 11.3 Å². The zero-order chi connectivity index (χ0) is 21.7. The van der Waals surface area contributed by atoms with Crippen LogP contribution >= 0.6 is 0 Å². The molecule has 0 unspecified atom stereocenters. The molecular weight excluding hydrogens is 398 g/mol. The topological polar surface area (TPSA) is 89.7 Å². The molecule has 164 valence electrons. The van der Waals surface area contributed by atoms with E-state index in [1.165, 1.54) is 6.07 Å². The molecule has 0 radical (unpaired) electrons. The van der Waals surface area contributed by atoms with Crippen molar-refractivity contribution in [2.24, 2.45) is 0 Å². The number of aromatic nitrogens is 2. The van der Waals surface area contributed by atoms with E-state index < -0.39 is 18.3 Å². The molecule has 8 nitrogen and oxygen atoms in total. The Balaban J connectivity index is 1.53. The van der Waals surface area contributed by atoms with E-state index in [9.17, 15) is 13.6 Å². The minimum absolute atomic E-state index is 0.00567. The highest BCUT2D eigenvalue weighted by molar-refractivity contribution is 5.68. The van der Waals surface area contributed by atoms with Crippen LogP contribution in [0.1, 0.15) is 39.5 Å². The molecule has 30 heavy (non-hydrogen) atoms. The number of hydrogen-bond acceptors (Lipinski definition) is 7. The van der Waals surface area contributed by atoms with E-state index in [-0.39, 0.29) is 17.6 Å². The number of halogens is 2. The van der Waals surface area contributed by atoms with Gasteiger partial charge in [-0.2, -0.15) is 13.8 Å². The molecular formula is C20H26F2N4O4. The third-order valence-electron chi connectivity index (χ3n) is 4.48. The zero-order valence-corrected chi connectivity index (χ0v) is 17.2. The average Bonchev–Trinajstić information content (AvgIpc) is 3.10. The van der Waals surface area contributed by atoms with E-state index in [2.05, 4.69) is 25.1 Å². The maximum atomic E-state index is 12.6. The van der Waals surface area contributed by atoms with Crippen molar-refractivity contribution in [3.05, 3.63) is 30.2 Å². The molecule has 0 saturated carbocycles. The van der Waals surface area contributed by atoms with Crippen LogP contribution in [0, 0.1) is 0 Å². The van der Waals surface area contributed by atoms with Crippen molar-refractivity contribution >= 4 is 6.09 Å². The Labute approximate surface area is 173 Å². The predicted molar refractivity (Wildman–Crippen MR) is 104 cm³/mol. The number of carbonyl (C=O) groups excluding carboxylic acids is 1. The molecule has 1 amide bonds. The second-order valence-corrected chi connectivity index (χ2v) is 8.08. The summed E-state index contributed by atoms with van der Waals surface area (Å²) in [4.78, 5) is 18.3. The van der Waals surface area contributed by atoms with Crippen molar-refractivity contribution in [2.75, 3.05) is 13.1 Å². The van der Waals surface area contributed by atoms with Gasteiger partial charge in [-0.3, -0.25) is 4.90 Å². The fraction of sp³-hybridized carbons (Fsp3) is 0.550. The molecule has 1 aliphatic heterocycles. The number of rotatable bonds is 6. The van der Waals surface area contributed by atoms with E-state index >= 15 is 0 Å². The Morgan fingerprint density at radius 1 is 1.30 bits per heavy atom. The Hall–Kier alpha value is -2.75. The third kappa shape index (κ3) is 6.38. The molecule has 3 rings (SSSR count). The van der Waals surface area contributed by atoms with Crippen LogP contribution in [0.5, 0.6) is 5.75 Å². The van der Waals surface area contributed by atoms with Gasteiger partial charge in [0.2, 0.25) is 11.7 Å². The number of nitrogens with one attached hydrogen (secondary N) is 1. The first-order valence-electron chi connectivity index (χ1n) is 9.78. The number of amides is 1. The average molecular weight is 424 g/mol. The number of nitrogens with zero attached hydrogens (tertiary/aromatic N) is 3. The smallest absolute Gasteiger partial charge is 0.407 e. The molecule has 0 bridgehead atoms. The quantitative estimate of drug-likeness (QED) is 0.754. The van der Waals surface area contributed by atoms with E-state index in [1.54, 1.807) is 18.2 Å². The maximum Gasteiger partial charge on any atom is 0.407 e. The SMILES string of the molecule is CC(C)(C)OC(=O)NC1CCN(Cc2nc(-c3ccccc3OC(F)F)no2)CC1. The number of likely N-dealkylation sites (tertiary alicyclic amines) is 1. The largest absolute Gasteiger partial charge is 0.444 e. The molecule has 2 aromatic rings. The highest BCUT2D eigenvalue weighted by Gasteiger charge is 2.25. The van der Waals surface area contributed by atoms with Gasteiger partial charge in [-0.25, -0.2) is 4.79 Å². The fourth-order valence-corrected chi connectivity index (χ4v) is 3.18. The van der Waals surface area contributed by atoms with Gasteiger partial charge < -0.3 is 19.3 Å². The molecule has 1 aromatic carbocycles. The van der Waals surface area contributed by atoms with Crippen LogP contribution < -0.4 is 10.1 Å². The first kappa shape index (κ1) is 21.9. The molecule has 1 aromatic heterocycles. The van der Waals surface area contributed by atoms with Gasteiger partial charge in [-0.1, -0.05) is 17.3 Å². The summed E-state index contributed by atoms with van der Waals surface area (Å²) in [6.45, 7) is 4.45. The predicted octanol–water partition coefficient (Wildman–Crippen LogP) is 3.83. The lowest BCUT2D eigenvalue weighted by Crippen LogP contribution is -2.45. The second kappa shape index (κ2) is 9.38. The van der Waals surface area contributed by atoms with E-state index in [1.807, 2.05) is 20.8 Å². The van der Waals surface area contributed by atoms with Gasteiger partial charge in [0.1, 0.15) is 11.4 Å². The number of benzene rings is 1.